The van der Waals surface area contributed by atoms with Crippen LogP contribution in [0.1, 0.15) is 24.5 Å². The van der Waals surface area contributed by atoms with Crippen molar-refractivity contribution in [1.29, 1.82) is 0 Å². The van der Waals surface area contributed by atoms with Crippen LogP contribution >= 0.6 is 0 Å². The molecule has 0 saturated carbocycles. The first-order valence-electron chi connectivity index (χ1n) is 7.56. The van der Waals surface area contributed by atoms with E-state index in [9.17, 15) is 4.39 Å². The molecule has 0 aromatic heterocycles. The van der Waals surface area contributed by atoms with Gasteiger partial charge in [-0.25, -0.2) is 4.39 Å². The van der Waals surface area contributed by atoms with E-state index >= 15 is 0 Å². The number of hydrogen-bond donors (Lipinski definition) is 1. The van der Waals surface area contributed by atoms with Gasteiger partial charge in [0, 0.05) is 17.7 Å². The van der Waals surface area contributed by atoms with Crippen molar-refractivity contribution in [2.75, 3.05) is 12.4 Å². The molecule has 114 valence electrons. The minimum Gasteiger partial charge on any atom is -0.497 e. The van der Waals surface area contributed by atoms with Gasteiger partial charge in [0.25, 0.3) is 0 Å². The second kappa shape index (κ2) is 6.22. The van der Waals surface area contributed by atoms with E-state index in [0.717, 1.165) is 29.0 Å². The zero-order valence-electron chi connectivity index (χ0n) is 12.9. The first-order valence-corrected chi connectivity index (χ1v) is 7.56. The molecule has 2 aromatic rings. The quantitative estimate of drug-likeness (QED) is 0.873. The predicted molar refractivity (Wildman–Crippen MR) is 88.9 cm³/mol. The Balaban J connectivity index is 1.85. The molecule has 1 aliphatic rings. The Morgan fingerprint density at radius 2 is 1.77 bits per heavy atom. The van der Waals surface area contributed by atoms with Crippen LogP contribution < -0.4 is 10.1 Å². The fourth-order valence-electron chi connectivity index (χ4n) is 3.00. The zero-order chi connectivity index (χ0) is 15.5. The Bertz CT molecular complexity index is 691. The van der Waals surface area contributed by atoms with E-state index in [1.54, 1.807) is 7.11 Å². The Kier molecular flexibility index (Phi) is 4.14. The Morgan fingerprint density at radius 3 is 2.50 bits per heavy atom. The number of fused-ring (bicyclic) bond motifs is 1. The second-order valence-electron chi connectivity index (χ2n) is 5.57. The van der Waals surface area contributed by atoms with Gasteiger partial charge in [-0.15, -0.1) is 0 Å². The number of allylic oxidation sites excluding steroid dienone is 1. The molecule has 0 spiro atoms. The highest BCUT2D eigenvalue weighted by Gasteiger charge is 2.23. The smallest absolute Gasteiger partial charge is 0.119 e. The lowest BCUT2D eigenvalue weighted by atomic mass is 9.86. The van der Waals surface area contributed by atoms with Gasteiger partial charge in [-0.3, -0.25) is 0 Å². The number of ether oxygens (including phenoxy) is 1. The second-order valence-corrected chi connectivity index (χ2v) is 5.57. The summed E-state index contributed by atoms with van der Waals surface area (Å²) in [6.45, 7) is 2.00. The molecule has 1 atom stereocenters. The van der Waals surface area contributed by atoms with Crippen molar-refractivity contribution in [3.8, 4) is 5.75 Å². The minimum absolute atomic E-state index is 0.00721. The van der Waals surface area contributed by atoms with Gasteiger partial charge in [0.05, 0.1) is 13.2 Å². The van der Waals surface area contributed by atoms with E-state index in [-0.39, 0.29) is 11.9 Å². The van der Waals surface area contributed by atoms with Crippen molar-refractivity contribution in [2.45, 2.75) is 25.8 Å². The highest BCUT2D eigenvalue weighted by molar-refractivity contribution is 5.77. The normalized spacial score (nSPS) is 15.2. The predicted octanol–water partition coefficient (Wildman–Crippen LogP) is 4.82. The van der Waals surface area contributed by atoms with Crippen molar-refractivity contribution in [2.24, 2.45) is 0 Å². The third-order valence-corrected chi connectivity index (χ3v) is 4.12. The van der Waals surface area contributed by atoms with Crippen molar-refractivity contribution in [3.05, 3.63) is 65.5 Å². The summed E-state index contributed by atoms with van der Waals surface area (Å²) in [4.78, 5) is 0. The molecule has 22 heavy (non-hydrogen) atoms. The summed E-state index contributed by atoms with van der Waals surface area (Å²) in [6.07, 6.45) is 1.27. The van der Waals surface area contributed by atoms with Crippen molar-refractivity contribution < 1.29 is 9.13 Å². The third kappa shape index (κ3) is 2.84. The summed E-state index contributed by atoms with van der Waals surface area (Å²) in [7, 11) is 1.64. The lowest BCUT2D eigenvalue weighted by molar-refractivity contribution is 0.415. The van der Waals surface area contributed by atoms with Gasteiger partial charge in [0.1, 0.15) is 11.6 Å². The highest BCUT2D eigenvalue weighted by Crippen LogP contribution is 2.35. The molecule has 1 aliphatic carbocycles. The van der Waals surface area contributed by atoms with Gasteiger partial charge in [-0.2, -0.15) is 0 Å². The van der Waals surface area contributed by atoms with Crippen LogP contribution in [0.5, 0.6) is 5.75 Å². The summed E-state index contributed by atoms with van der Waals surface area (Å²) >= 11 is 0. The molecule has 0 unspecified atom stereocenters. The average Bonchev–Trinajstić information content (AvgIpc) is 2.55. The lowest BCUT2D eigenvalue weighted by Crippen LogP contribution is -2.21. The molecule has 3 heteroatoms. The number of nitrogens with one attached hydrogen (secondary N) is 1. The standard InChI is InChI=1S/C19H20FNO/c1-13(21-15-8-10-16(22-2)11-9-15)19-17-6-4-3-5-14(17)7-12-18(19)20/h3-6,8-11,13,21H,7,12H2,1-2H3/t13-/m0/s1. The molecule has 2 aromatic carbocycles. The molecule has 0 aliphatic heterocycles. The molecule has 2 nitrogen and oxygen atoms in total. The summed E-state index contributed by atoms with van der Waals surface area (Å²) in [5.74, 6) is 0.804. The van der Waals surface area contributed by atoms with Gasteiger partial charge in [-0.05, 0) is 48.7 Å². The van der Waals surface area contributed by atoms with Crippen molar-refractivity contribution >= 4 is 11.3 Å². The van der Waals surface area contributed by atoms with E-state index < -0.39 is 0 Å². The largest absolute Gasteiger partial charge is 0.497 e. The number of benzene rings is 2. The average molecular weight is 297 g/mol. The molecular formula is C19H20FNO. The van der Waals surface area contributed by atoms with Gasteiger partial charge in [0.2, 0.25) is 0 Å². The maximum atomic E-state index is 14.4. The van der Waals surface area contributed by atoms with Crippen LogP contribution in [-0.4, -0.2) is 13.2 Å². The first-order chi connectivity index (χ1) is 10.7. The number of anilines is 1. The number of methoxy groups -OCH3 is 1. The van der Waals surface area contributed by atoms with E-state index in [1.807, 2.05) is 49.4 Å². The minimum atomic E-state index is -0.0881. The van der Waals surface area contributed by atoms with Crippen LogP contribution in [0, 0.1) is 0 Å². The summed E-state index contributed by atoms with van der Waals surface area (Å²) in [5.41, 5.74) is 3.98. The maximum Gasteiger partial charge on any atom is 0.119 e. The monoisotopic (exact) mass is 297 g/mol. The van der Waals surface area contributed by atoms with E-state index in [1.165, 1.54) is 5.56 Å². The van der Waals surface area contributed by atoms with Crippen LogP contribution in [0.15, 0.2) is 54.4 Å². The number of rotatable bonds is 4. The highest BCUT2D eigenvalue weighted by atomic mass is 19.1. The third-order valence-electron chi connectivity index (χ3n) is 4.12. The lowest BCUT2D eigenvalue weighted by Gasteiger charge is -2.25. The SMILES string of the molecule is COc1ccc(N[C@@H](C)C2=C(F)CCc3ccccc32)cc1. The zero-order valence-corrected chi connectivity index (χ0v) is 12.9. The number of hydrogen-bond acceptors (Lipinski definition) is 2. The van der Waals surface area contributed by atoms with Gasteiger partial charge in [-0.1, -0.05) is 24.3 Å². The molecule has 0 fully saturated rings. The van der Waals surface area contributed by atoms with Gasteiger partial charge < -0.3 is 10.1 Å². The van der Waals surface area contributed by atoms with Crippen LogP contribution in [0.3, 0.4) is 0 Å². The van der Waals surface area contributed by atoms with Crippen LogP contribution in [0.4, 0.5) is 10.1 Å². The molecule has 0 amide bonds. The van der Waals surface area contributed by atoms with E-state index in [2.05, 4.69) is 11.4 Å². The molecule has 1 N–H and O–H groups in total. The number of aryl methyl sites for hydroxylation is 1. The maximum absolute atomic E-state index is 14.4. The van der Waals surface area contributed by atoms with Crippen LogP contribution in [0.25, 0.3) is 5.57 Å². The fraction of sp³-hybridized carbons (Fsp3) is 0.263. The fourth-order valence-corrected chi connectivity index (χ4v) is 3.00. The molecule has 0 heterocycles. The Morgan fingerprint density at radius 1 is 1.05 bits per heavy atom. The Hall–Kier alpha value is -2.29. The molecule has 0 radical (unpaired) electrons. The van der Waals surface area contributed by atoms with Crippen LogP contribution in [-0.2, 0) is 6.42 Å². The van der Waals surface area contributed by atoms with Crippen molar-refractivity contribution in [1.82, 2.24) is 0 Å². The molecule has 3 rings (SSSR count). The van der Waals surface area contributed by atoms with Gasteiger partial charge in [0.15, 0.2) is 0 Å². The topological polar surface area (TPSA) is 21.3 Å². The van der Waals surface area contributed by atoms with Crippen LogP contribution in [0.2, 0.25) is 0 Å². The molecular weight excluding hydrogens is 277 g/mol. The molecule has 0 bridgehead atoms. The molecule has 0 saturated heterocycles. The first kappa shape index (κ1) is 14.6. The van der Waals surface area contributed by atoms with E-state index in [0.29, 0.717) is 6.42 Å². The van der Waals surface area contributed by atoms with Gasteiger partial charge >= 0.3 is 0 Å². The summed E-state index contributed by atoms with van der Waals surface area (Å²) in [6, 6.07) is 15.7. The van der Waals surface area contributed by atoms with Crippen molar-refractivity contribution in [3.63, 3.8) is 0 Å². The van der Waals surface area contributed by atoms with E-state index in [4.69, 9.17) is 4.74 Å². The summed E-state index contributed by atoms with van der Waals surface area (Å²) in [5, 5.41) is 3.38. The summed E-state index contributed by atoms with van der Waals surface area (Å²) < 4.78 is 19.6. The number of halogens is 1. The Labute approximate surface area is 130 Å².